The van der Waals surface area contributed by atoms with Gasteiger partial charge in [-0.05, 0) is 54.6 Å². The van der Waals surface area contributed by atoms with Crippen molar-refractivity contribution in [3.8, 4) is 51.6 Å². The van der Waals surface area contributed by atoms with Gasteiger partial charge in [-0.2, -0.15) is 5.26 Å². The van der Waals surface area contributed by atoms with E-state index in [1.807, 2.05) is 84.9 Å². The van der Waals surface area contributed by atoms with E-state index in [0.29, 0.717) is 23.0 Å². The van der Waals surface area contributed by atoms with Crippen LogP contribution in [0.2, 0.25) is 0 Å². The van der Waals surface area contributed by atoms with Crippen molar-refractivity contribution in [1.82, 2.24) is 24.1 Å². The summed E-state index contributed by atoms with van der Waals surface area (Å²) in [5, 5.41) is 14.4. The lowest BCUT2D eigenvalue weighted by Crippen LogP contribution is -2.01. The SMILES string of the molecule is N#Cc1ccc2c(c1)c1ccc(-n3c4ccccc4c4ccccc43)cc1n2-c1cccc(-c2nc(-c3ccccc3)nc(-c3ccccc3)n2)c1. The number of nitriles is 1. The molecule has 0 saturated carbocycles. The summed E-state index contributed by atoms with van der Waals surface area (Å²) < 4.78 is 4.62. The number of benzene rings is 7. The molecule has 0 bridgehead atoms. The lowest BCUT2D eigenvalue weighted by molar-refractivity contribution is 1.07. The molecule has 3 heterocycles. The van der Waals surface area contributed by atoms with Crippen LogP contribution in [0, 0.1) is 11.3 Å². The molecule has 0 radical (unpaired) electrons. The van der Waals surface area contributed by atoms with Gasteiger partial charge in [0, 0.05) is 49.6 Å². The molecule has 52 heavy (non-hydrogen) atoms. The third kappa shape index (κ3) is 4.76. The fourth-order valence-corrected chi connectivity index (χ4v) is 7.42. The van der Waals surface area contributed by atoms with E-state index in [2.05, 4.69) is 100 Å². The molecule has 7 aromatic carbocycles. The minimum absolute atomic E-state index is 0.591. The van der Waals surface area contributed by atoms with Crippen molar-refractivity contribution in [1.29, 1.82) is 5.26 Å². The molecule has 0 aliphatic rings. The molecular weight excluding hydrogens is 637 g/mol. The van der Waals surface area contributed by atoms with Crippen molar-refractivity contribution in [3.63, 3.8) is 0 Å². The second-order valence-corrected chi connectivity index (χ2v) is 12.8. The maximum atomic E-state index is 9.86. The molecule has 0 amide bonds. The molecule has 0 atom stereocenters. The summed E-state index contributed by atoms with van der Waals surface area (Å²) in [6.45, 7) is 0. The van der Waals surface area contributed by atoms with Gasteiger partial charge in [-0.25, -0.2) is 15.0 Å². The molecule has 0 spiro atoms. The highest BCUT2D eigenvalue weighted by atomic mass is 15.0. The first-order valence-corrected chi connectivity index (χ1v) is 17.2. The molecule has 10 rings (SSSR count). The van der Waals surface area contributed by atoms with E-state index in [1.54, 1.807) is 0 Å². The van der Waals surface area contributed by atoms with E-state index < -0.39 is 0 Å². The van der Waals surface area contributed by atoms with Crippen LogP contribution in [-0.4, -0.2) is 24.1 Å². The number of nitrogens with zero attached hydrogens (tertiary/aromatic N) is 6. The zero-order valence-corrected chi connectivity index (χ0v) is 27.8. The maximum Gasteiger partial charge on any atom is 0.164 e. The number of rotatable bonds is 5. The van der Waals surface area contributed by atoms with Crippen molar-refractivity contribution in [2.24, 2.45) is 0 Å². The van der Waals surface area contributed by atoms with Crippen LogP contribution in [-0.2, 0) is 0 Å². The highest BCUT2D eigenvalue weighted by molar-refractivity contribution is 6.12. The van der Waals surface area contributed by atoms with Crippen LogP contribution in [0.1, 0.15) is 5.56 Å². The van der Waals surface area contributed by atoms with E-state index in [1.165, 1.54) is 10.8 Å². The van der Waals surface area contributed by atoms with Gasteiger partial charge in [-0.1, -0.05) is 115 Å². The highest BCUT2D eigenvalue weighted by Crippen LogP contribution is 2.38. The van der Waals surface area contributed by atoms with Crippen LogP contribution < -0.4 is 0 Å². The number of hydrogen-bond donors (Lipinski definition) is 0. The normalized spacial score (nSPS) is 11.4. The number of para-hydroxylation sites is 2. The van der Waals surface area contributed by atoms with Crippen molar-refractivity contribution < 1.29 is 0 Å². The molecule has 0 aliphatic heterocycles. The quantitative estimate of drug-likeness (QED) is 0.184. The first kappa shape index (κ1) is 29.5. The van der Waals surface area contributed by atoms with Crippen molar-refractivity contribution in [2.75, 3.05) is 0 Å². The lowest BCUT2D eigenvalue weighted by atomic mass is 10.1. The van der Waals surface area contributed by atoms with Gasteiger partial charge in [0.05, 0.1) is 33.7 Å². The van der Waals surface area contributed by atoms with E-state index in [-0.39, 0.29) is 0 Å². The summed E-state index contributed by atoms with van der Waals surface area (Å²) in [5.41, 5.74) is 9.71. The fraction of sp³-hybridized carbons (Fsp3) is 0. The average Bonchev–Trinajstić information content (AvgIpc) is 3.73. The van der Waals surface area contributed by atoms with Crippen LogP contribution in [0.15, 0.2) is 170 Å². The highest BCUT2D eigenvalue weighted by Gasteiger charge is 2.18. The molecule has 0 unspecified atom stereocenters. The molecule has 0 saturated heterocycles. The topological polar surface area (TPSA) is 72.3 Å². The van der Waals surface area contributed by atoms with Gasteiger partial charge in [0.15, 0.2) is 17.5 Å². The lowest BCUT2D eigenvalue weighted by Gasteiger charge is -2.13. The van der Waals surface area contributed by atoms with Crippen molar-refractivity contribution in [3.05, 3.63) is 175 Å². The van der Waals surface area contributed by atoms with Gasteiger partial charge in [-0.15, -0.1) is 0 Å². The van der Waals surface area contributed by atoms with Crippen molar-refractivity contribution >= 4 is 43.6 Å². The minimum atomic E-state index is 0.591. The van der Waals surface area contributed by atoms with E-state index in [9.17, 15) is 5.26 Å². The minimum Gasteiger partial charge on any atom is -0.309 e. The predicted molar refractivity (Wildman–Crippen MR) is 210 cm³/mol. The molecule has 6 nitrogen and oxygen atoms in total. The summed E-state index contributed by atoms with van der Waals surface area (Å²) in [5.74, 6) is 1.83. The second kappa shape index (κ2) is 11.9. The Balaban J connectivity index is 1.21. The Morgan fingerprint density at radius 1 is 0.365 bits per heavy atom. The first-order chi connectivity index (χ1) is 25.7. The standard InChI is InChI=1S/C46H28N6/c47-29-30-22-25-42-39(26-30)38-24-23-35(51-40-20-9-7-18-36(40)37-19-8-10-21-41(37)51)28-43(38)52(42)34-17-11-16-33(27-34)46-49-44(31-12-3-1-4-13-31)48-45(50-46)32-14-5-2-6-15-32/h1-28H. The predicted octanol–water partition coefficient (Wildman–Crippen LogP) is 10.9. The van der Waals surface area contributed by atoms with E-state index in [0.717, 1.165) is 60.9 Å². The Morgan fingerprint density at radius 3 is 1.50 bits per heavy atom. The number of aromatic nitrogens is 5. The Morgan fingerprint density at radius 2 is 0.865 bits per heavy atom. The van der Waals surface area contributed by atoms with Gasteiger partial charge in [0.25, 0.3) is 0 Å². The Labute approximate surface area is 299 Å². The van der Waals surface area contributed by atoms with Crippen LogP contribution in [0.5, 0.6) is 0 Å². The number of hydrogen-bond acceptors (Lipinski definition) is 4. The van der Waals surface area contributed by atoms with Crippen LogP contribution in [0.3, 0.4) is 0 Å². The molecule has 0 N–H and O–H groups in total. The first-order valence-electron chi connectivity index (χ1n) is 17.2. The van der Waals surface area contributed by atoms with Crippen LogP contribution in [0.25, 0.3) is 89.2 Å². The monoisotopic (exact) mass is 664 g/mol. The summed E-state index contributed by atoms with van der Waals surface area (Å²) in [6, 6.07) is 60.4. The van der Waals surface area contributed by atoms with Gasteiger partial charge in [0.2, 0.25) is 0 Å². The van der Waals surface area contributed by atoms with Crippen LogP contribution >= 0.6 is 0 Å². The molecular formula is C46H28N6. The third-order valence-electron chi connectivity index (χ3n) is 9.78. The van der Waals surface area contributed by atoms with Gasteiger partial charge in [0.1, 0.15) is 0 Å². The molecule has 6 heteroatoms. The smallest absolute Gasteiger partial charge is 0.164 e. The number of fused-ring (bicyclic) bond motifs is 6. The van der Waals surface area contributed by atoms with Gasteiger partial charge in [-0.3, -0.25) is 0 Å². The van der Waals surface area contributed by atoms with E-state index >= 15 is 0 Å². The largest absolute Gasteiger partial charge is 0.309 e. The second-order valence-electron chi connectivity index (χ2n) is 12.8. The summed E-state index contributed by atoms with van der Waals surface area (Å²) in [7, 11) is 0. The van der Waals surface area contributed by atoms with Crippen molar-refractivity contribution in [2.45, 2.75) is 0 Å². The summed E-state index contributed by atoms with van der Waals surface area (Å²) >= 11 is 0. The van der Waals surface area contributed by atoms with Gasteiger partial charge >= 0.3 is 0 Å². The van der Waals surface area contributed by atoms with Crippen LogP contribution in [0.4, 0.5) is 0 Å². The molecule has 10 aromatic rings. The third-order valence-corrected chi connectivity index (χ3v) is 9.78. The zero-order valence-electron chi connectivity index (χ0n) is 27.8. The Hall–Kier alpha value is -7.36. The molecule has 0 fully saturated rings. The average molecular weight is 665 g/mol. The summed E-state index contributed by atoms with van der Waals surface area (Å²) in [6.07, 6.45) is 0. The molecule has 242 valence electrons. The Bertz CT molecular complexity index is 2910. The zero-order chi connectivity index (χ0) is 34.6. The summed E-state index contributed by atoms with van der Waals surface area (Å²) in [4.78, 5) is 14.9. The van der Waals surface area contributed by atoms with E-state index in [4.69, 9.17) is 15.0 Å². The maximum absolute atomic E-state index is 9.86. The molecule has 0 aliphatic carbocycles. The van der Waals surface area contributed by atoms with Gasteiger partial charge < -0.3 is 9.13 Å². The Kier molecular flexibility index (Phi) is 6.76. The fourth-order valence-electron chi connectivity index (χ4n) is 7.42. The molecule has 3 aromatic heterocycles.